The van der Waals surface area contributed by atoms with Crippen molar-refractivity contribution < 1.29 is 23.8 Å². The molecule has 3 aromatic carbocycles. The number of aryl methyl sites for hydroxylation is 1. The van der Waals surface area contributed by atoms with Crippen LogP contribution in [0.1, 0.15) is 55.4 Å². The van der Waals surface area contributed by atoms with Gasteiger partial charge in [0.2, 0.25) is 0 Å². The topological polar surface area (TPSA) is 55.8 Å². The Hall–Kier alpha value is -3.34. The van der Waals surface area contributed by atoms with Gasteiger partial charge in [-0.3, -0.25) is 4.79 Å². The fourth-order valence-corrected chi connectivity index (χ4v) is 3.95. The van der Waals surface area contributed by atoms with Gasteiger partial charge in [0.1, 0.15) is 23.4 Å². The largest absolute Gasteiger partial charge is 0.497 e. The van der Waals surface area contributed by atoms with Crippen LogP contribution in [0.15, 0.2) is 60.7 Å². The van der Waals surface area contributed by atoms with Gasteiger partial charge in [0.25, 0.3) is 0 Å². The summed E-state index contributed by atoms with van der Waals surface area (Å²) in [7, 11) is 1.56. The van der Waals surface area contributed by atoms with Crippen molar-refractivity contribution in [2.24, 2.45) is 5.92 Å². The van der Waals surface area contributed by atoms with Crippen molar-refractivity contribution in [2.75, 3.05) is 7.11 Å². The van der Waals surface area contributed by atoms with Gasteiger partial charge in [-0.25, -0.2) is 4.39 Å². The Morgan fingerprint density at radius 2 is 1.82 bits per heavy atom. The van der Waals surface area contributed by atoms with Gasteiger partial charge in [0.05, 0.1) is 13.0 Å². The molecule has 0 bridgehead atoms. The molecule has 5 rings (SSSR count). The Kier molecular flexibility index (Phi) is 7.51. The third-order valence-electron chi connectivity index (χ3n) is 6.16. The molecule has 178 valence electrons. The second-order valence-corrected chi connectivity index (χ2v) is 9.06. The highest BCUT2D eigenvalue weighted by molar-refractivity contribution is 5.70. The molecule has 4 nitrogen and oxygen atoms in total. The van der Waals surface area contributed by atoms with Crippen molar-refractivity contribution in [3.05, 3.63) is 83.2 Å². The third-order valence-corrected chi connectivity index (χ3v) is 6.16. The number of methoxy groups -OCH3 is 1. The second-order valence-electron chi connectivity index (χ2n) is 9.06. The van der Waals surface area contributed by atoms with Crippen LogP contribution in [0, 0.1) is 11.7 Å². The van der Waals surface area contributed by atoms with Gasteiger partial charge in [0, 0.05) is 5.56 Å². The van der Waals surface area contributed by atoms with E-state index in [1.807, 2.05) is 42.5 Å². The summed E-state index contributed by atoms with van der Waals surface area (Å²) in [6, 6.07) is 18.4. The van der Waals surface area contributed by atoms with Crippen LogP contribution in [0.25, 0.3) is 11.1 Å². The zero-order valence-electron chi connectivity index (χ0n) is 19.7. The lowest BCUT2D eigenvalue weighted by atomic mass is 9.93. The maximum atomic E-state index is 14.3. The molecule has 3 aromatic rings. The van der Waals surface area contributed by atoms with Gasteiger partial charge >= 0.3 is 5.97 Å². The summed E-state index contributed by atoms with van der Waals surface area (Å²) in [5, 5.41) is 9.16. The number of rotatable bonds is 6. The van der Waals surface area contributed by atoms with Crippen molar-refractivity contribution in [1.82, 2.24) is 0 Å². The van der Waals surface area contributed by atoms with Crippen molar-refractivity contribution in [3.8, 4) is 22.6 Å². The van der Waals surface area contributed by atoms with Gasteiger partial charge in [-0.1, -0.05) is 62.6 Å². The lowest BCUT2D eigenvalue weighted by Crippen LogP contribution is -2.16. The van der Waals surface area contributed by atoms with Gasteiger partial charge in [-0.05, 0) is 65.8 Å². The van der Waals surface area contributed by atoms with Crippen LogP contribution >= 0.6 is 0 Å². The number of fused-ring (bicyclic) bond motifs is 1. The predicted molar refractivity (Wildman–Crippen MR) is 131 cm³/mol. The summed E-state index contributed by atoms with van der Waals surface area (Å²) in [6.07, 6.45) is 6.62. The maximum Gasteiger partial charge on any atom is 0.306 e. The third kappa shape index (κ3) is 5.96. The lowest BCUT2D eigenvalue weighted by Gasteiger charge is -2.27. The van der Waals surface area contributed by atoms with Crippen molar-refractivity contribution in [3.63, 3.8) is 0 Å². The molecule has 1 N–H and O–H groups in total. The zero-order valence-corrected chi connectivity index (χ0v) is 19.7. The van der Waals surface area contributed by atoms with E-state index in [0.29, 0.717) is 17.7 Å². The molecule has 5 heteroatoms. The van der Waals surface area contributed by atoms with Gasteiger partial charge < -0.3 is 14.6 Å². The molecule has 1 heterocycles. The van der Waals surface area contributed by atoms with Crippen LogP contribution in [-0.4, -0.2) is 18.2 Å². The van der Waals surface area contributed by atoms with E-state index in [1.54, 1.807) is 26.2 Å². The Bertz CT molecular complexity index is 1130. The van der Waals surface area contributed by atoms with E-state index in [4.69, 9.17) is 14.6 Å². The van der Waals surface area contributed by atoms with Crippen LogP contribution in [0.4, 0.5) is 4.39 Å². The summed E-state index contributed by atoms with van der Waals surface area (Å²) in [4.78, 5) is 11.2. The molecule has 1 aliphatic carbocycles. The average molecular weight is 463 g/mol. The number of carboxylic acids is 1. The molecule has 0 spiro atoms. The fourth-order valence-electron chi connectivity index (χ4n) is 3.95. The molecule has 34 heavy (non-hydrogen) atoms. The summed E-state index contributed by atoms with van der Waals surface area (Å²) in [5.74, 6) is -0.111. The maximum absolute atomic E-state index is 14.3. The van der Waals surface area contributed by atoms with Crippen molar-refractivity contribution >= 4 is 5.97 Å². The zero-order chi connectivity index (χ0) is 24.1. The number of carbonyl (C=O) groups is 1. The minimum atomic E-state index is -0.802. The fraction of sp³-hybridized carbons (Fsp3) is 0.345. The molecule has 1 saturated carbocycles. The molecule has 0 amide bonds. The number of hydrogen-bond acceptors (Lipinski definition) is 3. The Balaban J connectivity index is 0.000000846. The summed E-state index contributed by atoms with van der Waals surface area (Å²) in [5.41, 5.74) is 4.40. The number of carboxylic acid groups (broad SMARTS) is 1. The lowest BCUT2D eigenvalue weighted by molar-refractivity contribution is -0.141. The first-order valence-electron chi connectivity index (χ1n) is 11.9. The van der Waals surface area contributed by atoms with Crippen LogP contribution in [0.3, 0.4) is 0 Å². The van der Waals surface area contributed by atoms with E-state index >= 15 is 0 Å². The molecule has 1 aliphatic heterocycles. The average Bonchev–Trinajstić information content (AvgIpc) is 3.74. The molecule has 0 saturated heterocycles. The van der Waals surface area contributed by atoms with E-state index in [2.05, 4.69) is 0 Å². The first kappa shape index (κ1) is 23.8. The summed E-state index contributed by atoms with van der Waals surface area (Å²) < 4.78 is 25.7. The molecule has 2 atom stereocenters. The van der Waals surface area contributed by atoms with Gasteiger partial charge in [0.15, 0.2) is 0 Å². The number of aliphatic carboxylic acids is 1. The Labute approximate surface area is 200 Å². The van der Waals surface area contributed by atoms with Crippen LogP contribution in [0.5, 0.6) is 11.5 Å². The van der Waals surface area contributed by atoms with E-state index in [9.17, 15) is 9.18 Å². The number of benzene rings is 3. The monoisotopic (exact) mass is 462 g/mol. The smallest absolute Gasteiger partial charge is 0.306 e. The second kappa shape index (κ2) is 10.7. The van der Waals surface area contributed by atoms with Gasteiger partial charge in [-0.15, -0.1) is 0 Å². The molecular formula is C29H31FO4. The van der Waals surface area contributed by atoms with Crippen molar-refractivity contribution in [1.29, 1.82) is 0 Å². The van der Waals surface area contributed by atoms with Gasteiger partial charge in [-0.2, -0.15) is 0 Å². The van der Waals surface area contributed by atoms with E-state index in [0.717, 1.165) is 40.8 Å². The quantitative estimate of drug-likeness (QED) is 0.428. The first-order chi connectivity index (χ1) is 16.4. The Morgan fingerprint density at radius 3 is 2.47 bits per heavy atom. The number of hydrogen-bond donors (Lipinski definition) is 1. The molecule has 2 aliphatic rings. The molecular weight excluding hydrogens is 431 g/mol. The highest BCUT2D eigenvalue weighted by atomic mass is 19.1. The minimum absolute atomic E-state index is 0.0937. The summed E-state index contributed by atoms with van der Waals surface area (Å²) >= 11 is 0. The van der Waals surface area contributed by atoms with E-state index in [1.165, 1.54) is 25.3 Å². The van der Waals surface area contributed by atoms with E-state index in [-0.39, 0.29) is 11.9 Å². The predicted octanol–water partition coefficient (Wildman–Crippen LogP) is 7.00. The first-order valence-corrected chi connectivity index (χ1v) is 11.9. The van der Waals surface area contributed by atoms with Crippen LogP contribution in [-0.2, 0) is 17.6 Å². The van der Waals surface area contributed by atoms with Crippen molar-refractivity contribution in [2.45, 2.75) is 51.6 Å². The Morgan fingerprint density at radius 1 is 1.09 bits per heavy atom. The SMILES string of the molecule is C1CC1.COc1ccc(F)c(-c2ccc(C3CCc4ccc(CC(C)C(=O)O)cc4O3)cc2)c1. The molecule has 2 unspecified atom stereocenters. The van der Waals surface area contributed by atoms with Crippen LogP contribution in [0.2, 0.25) is 0 Å². The molecule has 1 fully saturated rings. The molecule has 0 radical (unpaired) electrons. The number of halogens is 1. The highest BCUT2D eigenvalue weighted by Crippen LogP contribution is 2.37. The minimum Gasteiger partial charge on any atom is -0.497 e. The standard InChI is InChI=1S/C26H25FO4.C3H6/c1-16(26(28)29)13-17-3-4-20-9-12-24(31-25(20)14-17)19-7-5-18(6-8-19)22-15-21(30-2)10-11-23(22)27;1-2-3-1/h3-8,10-11,14-16,24H,9,12-13H2,1-2H3,(H,28,29);1-3H2. The number of ether oxygens (including phenoxy) is 2. The van der Waals surface area contributed by atoms with Crippen LogP contribution < -0.4 is 9.47 Å². The highest BCUT2D eigenvalue weighted by Gasteiger charge is 2.22. The normalized spacial score (nSPS) is 16.9. The summed E-state index contributed by atoms with van der Waals surface area (Å²) in [6.45, 7) is 1.71. The molecule has 0 aromatic heterocycles. The van der Waals surface area contributed by atoms with E-state index < -0.39 is 11.9 Å².